The number of hydrogen-bond acceptors (Lipinski definition) is 6. The topological polar surface area (TPSA) is 83.5 Å². The Morgan fingerprint density at radius 1 is 1.17 bits per heavy atom. The highest BCUT2D eigenvalue weighted by molar-refractivity contribution is 7.89. The molecule has 1 amide bonds. The normalized spacial score (nSPS) is 16.6. The zero-order valence-corrected chi connectivity index (χ0v) is 21.4. The van der Waals surface area contributed by atoms with Gasteiger partial charge in [-0.05, 0) is 73.9 Å². The zero-order chi connectivity index (χ0) is 24.6. The molecule has 1 saturated heterocycles. The van der Waals surface area contributed by atoms with E-state index in [1.165, 1.54) is 39.9 Å². The number of fused-ring (bicyclic) bond motifs is 1. The van der Waals surface area contributed by atoms with Crippen molar-refractivity contribution in [2.45, 2.75) is 37.2 Å². The number of carbonyl (C=O) groups excluding carboxylic acids is 1. The van der Waals surface area contributed by atoms with Gasteiger partial charge in [-0.15, -0.1) is 0 Å². The molecular weight excluding hydrogens is 504 g/mol. The van der Waals surface area contributed by atoms with E-state index in [4.69, 9.17) is 16.6 Å². The van der Waals surface area contributed by atoms with E-state index in [0.29, 0.717) is 28.7 Å². The number of aromatic nitrogens is 2. The molecule has 0 N–H and O–H groups in total. The maximum absolute atomic E-state index is 14.0. The molecule has 1 atom stereocenters. The second-order valence-electron chi connectivity index (χ2n) is 8.44. The van der Waals surface area contributed by atoms with Crippen molar-refractivity contribution in [3.8, 4) is 0 Å². The van der Waals surface area contributed by atoms with Crippen LogP contribution >= 0.6 is 22.9 Å². The lowest BCUT2D eigenvalue weighted by Gasteiger charge is -2.28. The van der Waals surface area contributed by atoms with Crippen LogP contribution in [0.4, 0.5) is 5.13 Å². The molecule has 2 aromatic heterocycles. The van der Waals surface area contributed by atoms with Crippen molar-refractivity contribution in [3.05, 3.63) is 83.1 Å². The van der Waals surface area contributed by atoms with Gasteiger partial charge in [0.25, 0.3) is 0 Å². The first-order valence-corrected chi connectivity index (χ1v) is 13.8. The Balaban J connectivity index is 1.52. The summed E-state index contributed by atoms with van der Waals surface area (Å²) >= 11 is 7.37. The van der Waals surface area contributed by atoms with E-state index in [1.807, 2.05) is 43.3 Å². The number of nitrogens with zero attached hydrogens (tertiary/aromatic N) is 4. The average Bonchev–Trinajstić information content (AvgIpc) is 3.50. The van der Waals surface area contributed by atoms with Gasteiger partial charge >= 0.3 is 0 Å². The van der Waals surface area contributed by atoms with Gasteiger partial charge in [-0.1, -0.05) is 35.1 Å². The molecule has 5 rings (SSSR count). The first-order valence-electron chi connectivity index (χ1n) is 11.2. The number of anilines is 1. The lowest BCUT2D eigenvalue weighted by Crippen LogP contribution is -2.47. The van der Waals surface area contributed by atoms with Crippen LogP contribution in [0.25, 0.3) is 10.2 Å². The number of carbonyl (C=O) groups is 1. The van der Waals surface area contributed by atoms with Gasteiger partial charge in [0.05, 0.1) is 27.4 Å². The number of sulfonamides is 1. The predicted molar refractivity (Wildman–Crippen MR) is 138 cm³/mol. The lowest BCUT2D eigenvalue weighted by molar-refractivity contribution is -0.121. The summed E-state index contributed by atoms with van der Waals surface area (Å²) in [6.45, 7) is 2.48. The molecule has 0 aliphatic carbocycles. The number of rotatable bonds is 6. The van der Waals surface area contributed by atoms with Crippen LogP contribution in [0, 0.1) is 6.92 Å². The highest BCUT2D eigenvalue weighted by Gasteiger charge is 2.42. The van der Waals surface area contributed by atoms with Gasteiger partial charge in [-0.3, -0.25) is 14.7 Å². The van der Waals surface area contributed by atoms with Crippen LogP contribution in [0.15, 0.2) is 71.8 Å². The third-order valence-electron chi connectivity index (χ3n) is 5.98. The number of amides is 1. The Labute approximate surface area is 213 Å². The van der Waals surface area contributed by atoms with Crippen molar-refractivity contribution in [2.75, 3.05) is 11.4 Å². The molecule has 180 valence electrons. The molecule has 4 aromatic rings. The summed E-state index contributed by atoms with van der Waals surface area (Å²) in [6, 6.07) is 16.7. The fourth-order valence-corrected chi connectivity index (χ4v) is 7.07. The maximum atomic E-state index is 14.0. The number of hydrogen-bond donors (Lipinski definition) is 0. The summed E-state index contributed by atoms with van der Waals surface area (Å²) < 4.78 is 29.2. The number of aryl methyl sites for hydroxylation is 1. The Hall–Kier alpha value is -2.85. The van der Waals surface area contributed by atoms with Crippen LogP contribution in [-0.2, 0) is 21.4 Å². The molecule has 0 radical (unpaired) electrons. The van der Waals surface area contributed by atoms with Crippen LogP contribution in [0.3, 0.4) is 0 Å². The van der Waals surface area contributed by atoms with Gasteiger partial charge in [-0.2, -0.15) is 4.31 Å². The second-order valence-corrected chi connectivity index (χ2v) is 11.8. The van der Waals surface area contributed by atoms with Crippen molar-refractivity contribution in [3.63, 3.8) is 0 Å². The van der Waals surface area contributed by atoms with Crippen molar-refractivity contribution < 1.29 is 13.2 Å². The summed E-state index contributed by atoms with van der Waals surface area (Å²) in [7, 11) is -3.87. The first kappa shape index (κ1) is 23.9. The average molecular weight is 527 g/mol. The number of benzene rings is 2. The number of pyridine rings is 1. The van der Waals surface area contributed by atoms with Gasteiger partial charge in [0.15, 0.2) is 5.13 Å². The molecule has 3 heterocycles. The van der Waals surface area contributed by atoms with E-state index in [-0.39, 0.29) is 23.9 Å². The number of halogens is 1. The number of thiazole rings is 1. The molecule has 1 aliphatic heterocycles. The summed E-state index contributed by atoms with van der Waals surface area (Å²) in [5, 5.41) is 0.975. The van der Waals surface area contributed by atoms with Gasteiger partial charge in [0.2, 0.25) is 15.9 Å². The molecule has 1 aliphatic rings. The lowest BCUT2D eigenvalue weighted by atomic mass is 10.2. The largest absolute Gasteiger partial charge is 0.281 e. The quantitative estimate of drug-likeness (QED) is 0.351. The van der Waals surface area contributed by atoms with Crippen LogP contribution < -0.4 is 4.90 Å². The SMILES string of the molecule is Cc1ccc2nc(N(Cc3ccccn3)C(=O)C3CCCN3S(=O)(=O)c3ccc(Cl)cc3)sc2c1. The van der Waals surface area contributed by atoms with E-state index < -0.39 is 16.1 Å². The molecule has 1 fully saturated rings. The second kappa shape index (κ2) is 9.66. The molecule has 7 nitrogen and oxygen atoms in total. The Bertz CT molecular complexity index is 1470. The Morgan fingerprint density at radius 3 is 2.71 bits per heavy atom. The molecular formula is C25H23ClN4O3S2. The van der Waals surface area contributed by atoms with Gasteiger partial charge < -0.3 is 0 Å². The molecule has 1 unspecified atom stereocenters. The Kier molecular flexibility index (Phi) is 6.59. The molecule has 35 heavy (non-hydrogen) atoms. The third kappa shape index (κ3) is 4.81. The zero-order valence-electron chi connectivity index (χ0n) is 19.0. The fourth-order valence-electron chi connectivity index (χ4n) is 4.23. The molecule has 0 spiro atoms. The van der Waals surface area contributed by atoms with E-state index in [9.17, 15) is 13.2 Å². The van der Waals surface area contributed by atoms with Crippen molar-refractivity contribution in [2.24, 2.45) is 0 Å². The molecule has 0 saturated carbocycles. The van der Waals surface area contributed by atoms with Crippen LogP contribution in [-0.4, -0.2) is 41.2 Å². The monoisotopic (exact) mass is 526 g/mol. The maximum Gasteiger partial charge on any atom is 0.247 e. The van der Waals surface area contributed by atoms with Crippen molar-refractivity contribution in [1.82, 2.24) is 14.3 Å². The fraction of sp³-hybridized carbons (Fsp3) is 0.240. The van der Waals surface area contributed by atoms with Crippen LogP contribution in [0.2, 0.25) is 5.02 Å². The minimum Gasteiger partial charge on any atom is -0.281 e. The summed E-state index contributed by atoms with van der Waals surface area (Å²) in [4.78, 5) is 24.8. The van der Waals surface area contributed by atoms with Crippen LogP contribution in [0.1, 0.15) is 24.1 Å². The molecule has 0 bridgehead atoms. The predicted octanol–water partition coefficient (Wildman–Crippen LogP) is 5.04. The van der Waals surface area contributed by atoms with Crippen molar-refractivity contribution >= 4 is 54.2 Å². The highest BCUT2D eigenvalue weighted by atomic mass is 35.5. The summed E-state index contributed by atoms with van der Waals surface area (Å²) in [6.07, 6.45) is 2.71. The van der Waals surface area contributed by atoms with Gasteiger partial charge in [-0.25, -0.2) is 13.4 Å². The summed E-state index contributed by atoms with van der Waals surface area (Å²) in [5.41, 5.74) is 2.60. The third-order valence-corrected chi connectivity index (χ3v) is 9.20. The minimum atomic E-state index is -3.87. The minimum absolute atomic E-state index is 0.119. The first-order chi connectivity index (χ1) is 16.8. The molecule has 2 aromatic carbocycles. The van der Waals surface area contributed by atoms with E-state index in [2.05, 4.69) is 4.98 Å². The van der Waals surface area contributed by atoms with Crippen molar-refractivity contribution in [1.29, 1.82) is 0 Å². The summed E-state index contributed by atoms with van der Waals surface area (Å²) in [5.74, 6) is -0.304. The van der Waals surface area contributed by atoms with Gasteiger partial charge in [0.1, 0.15) is 6.04 Å². The van der Waals surface area contributed by atoms with E-state index in [0.717, 1.165) is 15.8 Å². The van der Waals surface area contributed by atoms with E-state index in [1.54, 1.807) is 11.1 Å². The standard InChI is InChI=1S/C25H23ClN4O3S2/c1-17-7-12-21-23(15-17)34-25(28-21)29(16-19-5-2-3-13-27-19)24(31)22-6-4-14-30(22)35(32,33)20-10-8-18(26)9-11-20/h2-3,5,7-13,15,22H,4,6,14,16H2,1H3. The van der Waals surface area contributed by atoms with E-state index >= 15 is 0 Å². The van der Waals surface area contributed by atoms with Gasteiger partial charge in [0, 0.05) is 17.8 Å². The molecule has 10 heteroatoms. The Morgan fingerprint density at radius 2 is 1.97 bits per heavy atom. The van der Waals surface area contributed by atoms with Crippen LogP contribution in [0.5, 0.6) is 0 Å². The smallest absolute Gasteiger partial charge is 0.247 e. The highest BCUT2D eigenvalue weighted by Crippen LogP contribution is 2.34.